The summed E-state index contributed by atoms with van der Waals surface area (Å²) >= 11 is 3.39. The molecule has 0 atom stereocenters. The van der Waals surface area contributed by atoms with Crippen molar-refractivity contribution in [3.63, 3.8) is 0 Å². The molecule has 6 heteroatoms. The molecule has 0 fully saturated rings. The van der Waals surface area contributed by atoms with Gasteiger partial charge in [0, 0.05) is 15.6 Å². The van der Waals surface area contributed by atoms with Gasteiger partial charge < -0.3 is 14.8 Å². The van der Waals surface area contributed by atoms with Crippen molar-refractivity contribution in [2.45, 2.75) is 26.2 Å². The molecule has 34 heavy (non-hydrogen) atoms. The standard InChI is InChI=1S/C28H23BrN2O3/c1-28(2,3)18-7-10-20(11-8-18)34-21-6-4-5-17(13-21)22-15-25(31-27(33)24(22)16-30)23-14-19(29)9-12-26(23)32/h4-15,32H,1-3H3,(H,31,33). The van der Waals surface area contributed by atoms with Gasteiger partial charge in [-0.2, -0.15) is 5.26 Å². The quantitative estimate of drug-likeness (QED) is 0.303. The van der Waals surface area contributed by atoms with Crippen LogP contribution in [0.15, 0.2) is 82.1 Å². The predicted octanol–water partition coefficient (Wildman–Crippen LogP) is 7.14. The number of aromatic hydroxyl groups is 1. The molecule has 4 aromatic rings. The highest BCUT2D eigenvalue weighted by Gasteiger charge is 2.16. The number of aromatic nitrogens is 1. The Morgan fingerprint density at radius 2 is 1.68 bits per heavy atom. The molecule has 0 amide bonds. The van der Waals surface area contributed by atoms with E-state index in [4.69, 9.17) is 4.74 Å². The number of aromatic amines is 1. The normalized spacial score (nSPS) is 11.1. The number of hydrogen-bond donors (Lipinski definition) is 2. The predicted molar refractivity (Wildman–Crippen MR) is 137 cm³/mol. The molecule has 4 rings (SSSR count). The summed E-state index contributed by atoms with van der Waals surface area (Å²) < 4.78 is 6.80. The van der Waals surface area contributed by atoms with Crippen molar-refractivity contribution >= 4 is 15.9 Å². The summed E-state index contributed by atoms with van der Waals surface area (Å²) in [7, 11) is 0. The zero-order chi connectivity index (χ0) is 24.5. The molecule has 0 spiro atoms. The minimum Gasteiger partial charge on any atom is -0.507 e. The van der Waals surface area contributed by atoms with Crippen LogP contribution in [0.4, 0.5) is 0 Å². The van der Waals surface area contributed by atoms with Gasteiger partial charge in [0.15, 0.2) is 0 Å². The summed E-state index contributed by atoms with van der Waals surface area (Å²) in [5, 5.41) is 20.0. The third-order valence-electron chi connectivity index (χ3n) is 5.49. The smallest absolute Gasteiger partial charge is 0.266 e. The van der Waals surface area contributed by atoms with E-state index in [0.29, 0.717) is 33.9 Å². The molecule has 0 aliphatic rings. The van der Waals surface area contributed by atoms with Crippen molar-refractivity contribution in [3.05, 3.63) is 98.7 Å². The highest BCUT2D eigenvalue weighted by Crippen LogP contribution is 2.34. The van der Waals surface area contributed by atoms with E-state index in [1.165, 1.54) is 11.6 Å². The number of nitrogens with one attached hydrogen (secondary N) is 1. The number of ether oxygens (including phenoxy) is 1. The third-order valence-corrected chi connectivity index (χ3v) is 5.99. The van der Waals surface area contributed by atoms with Crippen LogP contribution in [-0.4, -0.2) is 10.1 Å². The van der Waals surface area contributed by atoms with E-state index >= 15 is 0 Å². The summed E-state index contributed by atoms with van der Waals surface area (Å²) in [5.74, 6) is 1.29. The molecule has 0 aliphatic heterocycles. The third kappa shape index (κ3) is 4.90. The highest BCUT2D eigenvalue weighted by atomic mass is 79.9. The maximum atomic E-state index is 12.7. The van der Waals surface area contributed by atoms with E-state index in [1.54, 1.807) is 24.3 Å². The van der Waals surface area contributed by atoms with Crippen LogP contribution in [0.2, 0.25) is 0 Å². The summed E-state index contributed by atoms with van der Waals surface area (Å²) in [6, 6.07) is 23.8. The number of nitriles is 1. The van der Waals surface area contributed by atoms with Gasteiger partial charge in [-0.1, -0.05) is 61.0 Å². The van der Waals surface area contributed by atoms with E-state index in [0.717, 1.165) is 4.47 Å². The van der Waals surface area contributed by atoms with Gasteiger partial charge in [0.05, 0.1) is 5.69 Å². The van der Waals surface area contributed by atoms with E-state index in [1.807, 2.05) is 48.5 Å². The van der Waals surface area contributed by atoms with Gasteiger partial charge in [-0.3, -0.25) is 4.79 Å². The van der Waals surface area contributed by atoms with Gasteiger partial charge >= 0.3 is 0 Å². The first kappa shape index (κ1) is 23.3. The molecule has 0 saturated heterocycles. The Labute approximate surface area is 206 Å². The zero-order valence-electron chi connectivity index (χ0n) is 19.0. The van der Waals surface area contributed by atoms with Gasteiger partial charge in [-0.15, -0.1) is 0 Å². The number of rotatable bonds is 4. The Balaban J connectivity index is 1.74. The molecular weight excluding hydrogens is 492 g/mol. The number of halogens is 1. The van der Waals surface area contributed by atoms with Crippen LogP contribution in [0, 0.1) is 11.3 Å². The molecule has 5 nitrogen and oxygen atoms in total. The Morgan fingerprint density at radius 1 is 0.941 bits per heavy atom. The van der Waals surface area contributed by atoms with Crippen LogP contribution in [-0.2, 0) is 5.41 Å². The van der Waals surface area contributed by atoms with Crippen molar-refractivity contribution in [2.24, 2.45) is 0 Å². The lowest BCUT2D eigenvalue weighted by atomic mass is 9.87. The maximum Gasteiger partial charge on any atom is 0.266 e. The first-order valence-corrected chi connectivity index (χ1v) is 11.5. The molecule has 0 unspecified atom stereocenters. The summed E-state index contributed by atoms with van der Waals surface area (Å²) in [6.07, 6.45) is 0. The summed E-state index contributed by atoms with van der Waals surface area (Å²) in [5.41, 5.74) is 2.68. The largest absolute Gasteiger partial charge is 0.507 e. The number of phenolic OH excluding ortho intramolecular Hbond substituents is 1. The second-order valence-corrected chi connectivity index (χ2v) is 9.89. The minimum atomic E-state index is -0.529. The zero-order valence-corrected chi connectivity index (χ0v) is 20.6. The lowest BCUT2D eigenvalue weighted by Crippen LogP contribution is -2.12. The van der Waals surface area contributed by atoms with E-state index in [2.05, 4.69) is 41.7 Å². The number of H-pyrrole nitrogens is 1. The molecule has 1 heterocycles. The van der Waals surface area contributed by atoms with E-state index in [-0.39, 0.29) is 16.7 Å². The second-order valence-electron chi connectivity index (χ2n) is 8.98. The van der Waals surface area contributed by atoms with Gasteiger partial charge in [0.1, 0.15) is 28.9 Å². The van der Waals surface area contributed by atoms with Crippen LogP contribution in [0.1, 0.15) is 31.9 Å². The number of nitrogens with zero attached hydrogens (tertiary/aromatic N) is 1. The van der Waals surface area contributed by atoms with Gasteiger partial charge in [-0.25, -0.2) is 0 Å². The van der Waals surface area contributed by atoms with E-state index in [9.17, 15) is 15.2 Å². The van der Waals surface area contributed by atoms with Crippen LogP contribution < -0.4 is 10.3 Å². The first-order chi connectivity index (χ1) is 16.2. The Kier molecular flexibility index (Phi) is 6.32. The van der Waals surface area contributed by atoms with Crippen molar-refractivity contribution in [2.75, 3.05) is 0 Å². The topological polar surface area (TPSA) is 86.1 Å². The maximum absolute atomic E-state index is 12.7. The van der Waals surface area contributed by atoms with E-state index < -0.39 is 5.56 Å². The van der Waals surface area contributed by atoms with Crippen LogP contribution in [0.5, 0.6) is 17.2 Å². The van der Waals surface area contributed by atoms with Crippen molar-refractivity contribution in [1.82, 2.24) is 4.98 Å². The van der Waals surface area contributed by atoms with Crippen LogP contribution in [0.3, 0.4) is 0 Å². The molecule has 170 valence electrons. The molecule has 3 aromatic carbocycles. The molecule has 0 aliphatic carbocycles. The van der Waals surface area contributed by atoms with Gasteiger partial charge in [-0.05, 0) is 65.1 Å². The second kappa shape index (κ2) is 9.20. The van der Waals surface area contributed by atoms with Crippen molar-refractivity contribution in [1.29, 1.82) is 5.26 Å². The van der Waals surface area contributed by atoms with Crippen molar-refractivity contribution < 1.29 is 9.84 Å². The van der Waals surface area contributed by atoms with Crippen molar-refractivity contribution in [3.8, 4) is 45.7 Å². The number of hydrogen-bond acceptors (Lipinski definition) is 4. The average Bonchev–Trinajstić information content (AvgIpc) is 2.80. The summed E-state index contributed by atoms with van der Waals surface area (Å²) in [4.78, 5) is 15.4. The fourth-order valence-electron chi connectivity index (χ4n) is 3.65. The molecule has 0 saturated carbocycles. The number of phenols is 1. The first-order valence-electron chi connectivity index (χ1n) is 10.7. The monoisotopic (exact) mass is 514 g/mol. The molecule has 0 radical (unpaired) electrons. The fraction of sp³-hybridized carbons (Fsp3) is 0.143. The minimum absolute atomic E-state index is 0.00934. The molecule has 2 N–H and O–H groups in total. The Morgan fingerprint density at radius 3 is 2.35 bits per heavy atom. The lowest BCUT2D eigenvalue weighted by Gasteiger charge is -2.19. The van der Waals surface area contributed by atoms with Crippen LogP contribution >= 0.6 is 15.9 Å². The molecular formula is C28H23BrN2O3. The summed E-state index contributed by atoms with van der Waals surface area (Å²) in [6.45, 7) is 6.47. The lowest BCUT2D eigenvalue weighted by molar-refractivity contribution is 0.477. The van der Waals surface area contributed by atoms with Gasteiger partial charge in [0.25, 0.3) is 5.56 Å². The molecule has 0 bridgehead atoms. The highest BCUT2D eigenvalue weighted by molar-refractivity contribution is 9.10. The SMILES string of the molecule is CC(C)(C)c1ccc(Oc2cccc(-c3cc(-c4cc(Br)ccc4O)[nH]c(=O)c3C#N)c2)cc1. The Hall–Kier alpha value is -3.82. The average molecular weight is 515 g/mol. The Bertz CT molecular complexity index is 1460. The van der Waals surface area contributed by atoms with Gasteiger partial charge in [0.2, 0.25) is 0 Å². The fourth-order valence-corrected chi connectivity index (χ4v) is 4.01. The molecule has 1 aromatic heterocycles. The van der Waals surface area contributed by atoms with Crippen LogP contribution in [0.25, 0.3) is 22.4 Å². The number of benzene rings is 3. The number of pyridine rings is 1.